The zero-order valence-electron chi connectivity index (χ0n) is 20.7. The third kappa shape index (κ3) is 6.54. The van der Waals surface area contributed by atoms with Gasteiger partial charge in [0.25, 0.3) is 0 Å². The molecule has 1 aromatic heterocycles. The van der Waals surface area contributed by atoms with Gasteiger partial charge in [-0.1, -0.05) is 18.2 Å². The van der Waals surface area contributed by atoms with Crippen molar-refractivity contribution in [1.82, 2.24) is 15.0 Å². The van der Waals surface area contributed by atoms with E-state index in [9.17, 15) is 0 Å². The van der Waals surface area contributed by atoms with Gasteiger partial charge < -0.3 is 38.1 Å². The highest BCUT2D eigenvalue weighted by molar-refractivity contribution is 5.59. The summed E-state index contributed by atoms with van der Waals surface area (Å²) in [6.45, 7) is 2.49. The summed E-state index contributed by atoms with van der Waals surface area (Å²) in [6.07, 6.45) is 1.53. The van der Waals surface area contributed by atoms with Gasteiger partial charge in [-0.2, -0.15) is 25.2 Å². The van der Waals surface area contributed by atoms with Gasteiger partial charge in [-0.05, 0) is 49.2 Å². The Hall–Kier alpha value is -3.71. The van der Waals surface area contributed by atoms with Crippen molar-refractivity contribution >= 4 is 34.9 Å². The number of hydrogen-bond acceptors (Lipinski definition) is 12. The lowest BCUT2D eigenvalue weighted by Gasteiger charge is -2.37. The topological polar surface area (TPSA) is 186 Å². The second-order valence-electron chi connectivity index (χ2n) is 9.79. The molecule has 0 bridgehead atoms. The molecule has 3 heterocycles. The fourth-order valence-electron chi connectivity index (χ4n) is 4.73. The molecule has 0 saturated carbocycles. The number of aromatic nitrogens is 3. The van der Waals surface area contributed by atoms with E-state index in [1.807, 2.05) is 64.4 Å². The van der Waals surface area contributed by atoms with Crippen molar-refractivity contribution in [2.24, 2.45) is 33.2 Å². The zero-order valence-corrected chi connectivity index (χ0v) is 20.7. The summed E-state index contributed by atoms with van der Waals surface area (Å²) in [5.74, 6) is 1.47. The molecule has 0 radical (unpaired) electrons. The van der Waals surface area contributed by atoms with Crippen LogP contribution in [-0.2, 0) is 0 Å². The largest absolute Gasteiger partial charge is 0.338 e. The molecule has 4 atom stereocenters. The molecule has 2 aliphatic heterocycles. The monoisotopic (exact) mass is 502 g/mol. The minimum Gasteiger partial charge on any atom is -0.338 e. The summed E-state index contributed by atoms with van der Waals surface area (Å²) < 4.78 is 0. The summed E-state index contributed by atoms with van der Waals surface area (Å²) in [7, 11) is 0. The van der Waals surface area contributed by atoms with Crippen LogP contribution in [0.4, 0.5) is 34.9 Å². The van der Waals surface area contributed by atoms with Crippen molar-refractivity contribution in [2.45, 2.75) is 37.0 Å². The third-order valence-corrected chi connectivity index (χ3v) is 6.37. The maximum Gasteiger partial charge on any atom is 0.233 e. The molecule has 3 aromatic rings. The molecule has 0 aliphatic carbocycles. The summed E-state index contributed by atoms with van der Waals surface area (Å²) in [4.78, 5) is 18.2. The standard InChI is InChI=1S/C25H34N12/c26-16-10-17(27)13-36(12-16)24-31-23(32-25(33-24)37-14-18(28)11-19(29)15-37)30-20-6-8-22(9-7-20)35-34-21-4-2-1-3-5-21/h1-9,16-19H,10-15,26-29H2,(H,30,31,32,33)/t16-,17+,18-,19+. The molecule has 0 unspecified atom stereocenters. The predicted molar refractivity (Wildman–Crippen MR) is 146 cm³/mol. The van der Waals surface area contributed by atoms with Crippen molar-refractivity contribution in [3.05, 3.63) is 54.6 Å². The van der Waals surface area contributed by atoms with Crippen LogP contribution >= 0.6 is 0 Å². The van der Waals surface area contributed by atoms with Gasteiger partial charge >= 0.3 is 0 Å². The predicted octanol–water partition coefficient (Wildman–Crippen LogP) is 1.76. The minimum absolute atomic E-state index is 0.0465. The first kappa shape index (κ1) is 25.0. The Morgan fingerprint density at radius 2 is 1.08 bits per heavy atom. The summed E-state index contributed by atoms with van der Waals surface area (Å²) >= 11 is 0. The van der Waals surface area contributed by atoms with Crippen LogP contribution in [0.1, 0.15) is 12.8 Å². The highest BCUT2D eigenvalue weighted by atomic mass is 15.4. The fraction of sp³-hybridized carbons (Fsp3) is 0.400. The van der Waals surface area contributed by atoms with Gasteiger partial charge in [0.15, 0.2) is 0 Å². The molecule has 0 spiro atoms. The normalized spacial score (nSPS) is 24.4. The maximum absolute atomic E-state index is 6.24. The number of hydrogen-bond donors (Lipinski definition) is 5. The van der Waals surface area contributed by atoms with Gasteiger partial charge in [0.05, 0.1) is 11.4 Å². The van der Waals surface area contributed by atoms with Gasteiger partial charge in [0, 0.05) is 56.0 Å². The summed E-state index contributed by atoms with van der Waals surface area (Å²) in [5, 5.41) is 11.9. The SMILES string of the molecule is N[C@@H]1C[C@H](N)CN(c2nc(Nc3ccc(N=Nc4ccccc4)cc3)nc(N3C[C@H](N)C[C@H](N)C3)n2)C1. The lowest BCUT2D eigenvalue weighted by Crippen LogP contribution is -2.54. The number of azo groups is 1. The Balaban J connectivity index is 1.38. The lowest BCUT2D eigenvalue weighted by atomic mass is 10.0. The smallest absolute Gasteiger partial charge is 0.233 e. The molecule has 5 rings (SSSR count). The van der Waals surface area contributed by atoms with Crippen LogP contribution in [0.15, 0.2) is 64.8 Å². The van der Waals surface area contributed by atoms with Crippen molar-refractivity contribution in [3.63, 3.8) is 0 Å². The number of anilines is 4. The van der Waals surface area contributed by atoms with E-state index < -0.39 is 0 Å². The average Bonchev–Trinajstić information content (AvgIpc) is 2.88. The van der Waals surface area contributed by atoms with Crippen LogP contribution in [0.2, 0.25) is 0 Å². The van der Waals surface area contributed by atoms with Crippen molar-refractivity contribution in [1.29, 1.82) is 0 Å². The van der Waals surface area contributed by atoms with Gasteiger partial charge in [0.2, 0.25) is 17.8 Å². The number of piperidine rings is 2. The summed E-state index contributed by atoms with van der Waals surface area (Å²) in [6, 6.07) is 17.0. The van der Waals surface area contributed by atoms with E-state index in [1.54, 1.807) is 0 Å². The molecule has 12 nitrogen and oxygen atoms in total. The van der Waals surface area contributed by atoms with Gasteiger partial charge in [-0.3, -0.25) is 0 Å². The van der Waals surface area contributed by atoms with Crippen LogP contribution in [0, 0.1) is 0 Å². The third-order valence-electron chi connectivity index (χ3n) is 6.37. The number of rotatable bonds is 6. The summed E-state index contributed by atoms with van der Waals surface area (Å²) in [5.41, 5.74) is 27.3. The average molecular weight is 503 g/mol. The van der Waals surface area contributed by atoms with E-state index in [0.29, 0.717) is 44.0 Å². The van der Waals surface area contributed by atoms with E-state index >= 15 is 0 Å². The highest BCUT2D eigenvalue weighted by Crippen LogP contribution is 2.25. The Morgan fingerprint density at radius 1 is 0.622 bits per heavy atom. The van der Waals surface area contributed by atoms with E-state index in [-0.39, 0.29) is 24.2 Å². The molecule has 37 heavy (non-hydrogen) atoms. The van der Waals surface area contributed by atoms with Crippen LogP contribution in [0.5, 0.6) is 0 Å². The number of nitrogens with one attached hydrogen (secondary N) is 1. The molecular weight excluding hydrogens is 468 g/mol. The number of nitrogens with two attached hydrogens (primary N) is 4. The van der Waals surface area contributed by atoms with Crippen LogP contribution in [0.3, 0.4) is 0 Å². The molecule has 12 heteroatoms. The minimum atomic E-state index is -0.0465. The first-order valence-electron chi connectivity index (χ1n) is 12.5. The molecule has 2 fully saturated rings. The van der Waals surface area contributed by atoms with Crippen molar-refractivity contribution < 1.29 is 0 Å². The van der Waals surface area contributed by atoms with E-state index in [4.69, 9.17) is 37.9 Å². The Bertz CT molecular complexity index is 1140. The number of benzene rings is 2. The van der Waals surface area contributed by atoms with Crippen molar-refractivity contribution in [2.75, 3.05) is 41.3 Å². The van der Waals surface area contributed by atoms with Crippen molar-refractivity contribution in [3.8, 4) is 0 Å². The lowest BCUT2D eigenvalue weighted by molar-refractivity contribution is 0.441. The van der Waals surface area contributed by atoms with E-state index in [2.05, 4.69) is 15.5 Å². The number of nitrogens with zero attached hydrogens (tertiary/aromatic N) is 7. The molecule has 9 N–H and O–H groups in total. The zero-order chi connectivity index (χ0) is 25.8. The maximum atomic E-state index is 6.24. The van der Waals surface area contributed by atoms with Crippen LogP contribution in [0.25, 0.3) is 0 Å². The van der Waals surface area contributed by atoms with Crippen LogP contribution < -0.4 is 38.1 Å². The molecular formula is C25H34N12. The first-order valence-corrected chi connectivity index (χ1v) is 12.5. The Kier molecular flexibility index (Phi) is 7.51. The molecule has 0 amide bonds. The Morgan fingerprint density at radius 3 is 1.57 bits per heavy atom. The second kappa shape index (κ2) is 11.1. The molecule has 2 aliphatic rings. The molecule has 2 aromatic carbocycles. The van der Waals surface area contributed by atoms with Crippen LogP contribution in [-0.4, -0.2) is 65.3 Å². The highest BCUT2D eigenvalue weighted by Gasteiger charge is 2.28. The van der Waals surface area contributed by atoms with E-state index in [0.717, 1.165) is 29.9 Å². The van der Waals surface area contributed by atoms with Gasteiger partial charge in [0.1, 0.15) is 0 Å². The second-order valence-corrected chi connectivity index (χ2v) is 9.79. The quantitative estimate of drug-likeness (QED) is 0.311. The van der Waals surface area contributed by atoms with E-state index in [1.165, 1.54) is 0 Å². The Labute approximate surface area is 216 Å². The molecule has 194 valence electrons. The van der Waals surface area contributed by atoms with Gasteiger partial charge in [-0.25, -0.2) is 0 Å². The molecule has 2 saturated heterocycles. The van der Waals surface area contributed by atoms with Gasteiger partial charge in [-0.15, -0.1) is 0 Å². The first-order chi connectivity index (χ1) is 17.9. The fourth-order valence-corrected chi connectivity index (χ4v) is 4.73.